The van der Waals surface area contributed by atoms with E-state index in [-0.39, 0.29) is 18.1 Å². The van der Waals surface area contributed by atoms with Crippen LogP contribution in [0.25, 0.3) is 0 Å². The first kappa shape index (κ1) is 14.8. The van der Waals surface area contributed by atoms with E-state index in [1.807, 2.05) is 0 Å². The van der Waals surface area contributed by atoms with Gasteiger partial charge in [-0.3, -0.25) is 0 Å². The molecule has 2 fully saturated rings. The molecule has 0 N–H and O–H groups in total. The minimum atomic E-state index is -3.40. The van der Waals surface area contributed by atoms with Crippen LogP contribution in [0.1, 0.15) is 31.7 Å². The third-order valence-corrected chi connectivity index (χ3v) is 8.58. The van der Waals surface area contributed by atoms with Gasteiger partial charge in [0.2, 0.25) is 0 Å². The number of aromatic nitrogens is 3. The van der Waals surface area contributed by atoms with Gasteiger partial charge in [0, 0.05) is 12.1 Å². The summed E-state index contributed by atoms with van der Waals surface area (Å²) in [7, 11) is -3.40. The second kappa shape index (κ2) is 5.40. The van der Waals surface area contributed by atoms with Crippen LogP contribution in [-0.4, -0.2) is 39.8 Å². The molecule has 2 aromatic heterocycles. The lowest BCUT2D eigenvalue weighted by molar-refractivity contribution is 0.175. The van der Waals surface area contributed by atoms with Crippen LogP contribution in [-0.2, 0) is 10.0 Å². The van der Waals surface area contributed by atoms with Crippen molar-refractivity contribution in [2.45, 2.75) is 48.0 Å². The van der Waals surface area contributed by atoms with Crippen LogP contribution >= 0.6 is 27.3 Å². The van der Waals surface area contributed by atoms with E-state index in [4.69, 9.17) is 0 Å². The fraction of sp³-hybridized carbons (Fsp3) is 0.538. The van der Waals surface area contributed by atoms with Gasteiger partial charge >= 0.3 is 0 Å². The van der Waals surface area contributed by atoms with Crippen molar-refractivity contribution < 1.29 is 8.42 Å². The number of hydrogen-bond donors (Lipinski definition) is 0. The van der Waals surface area contributed by atoms with Gasteiger partial charge in [-0.05, 0) is 53.7 Å². The third-order valence-electron chi connectivity index (χ3n) is 4.48. The minimum Gasteiger partial charge on any atom is -0.206 e. The van der Waals surface area contributed by atoms with Crippen molar-refractivity contribution in [3.63, 3.8) is 0 Å². The zero-order valence-corrected chi connectivity index (χ0v) is 14.9. The molecule has 2 aliphatic heterocycles. The molecule has 118 valence electrons. The molecule has 0 aliphatic carbocycles. The standard InChI is InChI=1S/C13H15BrN4O2S2/c14-12-3-4-13(21-12)22(19,20)17-9-1-2-10(17)8-11(7-9)18-15-5-6-16-18/h3-6,9-11H,1-2,7-8H2. The molecule has 6 nitrogen and oxygen atoms in total. The first-order valence-electron chi connectivity index (χ1n) is 7.20. The number of halogens is 1. The number of piperidine rings is 1. The predicted molar refractivity (Wildman–Crippen MR) is 86.1 cm³/mol. The van der Waals surface area contributed by atoms with Crippen molar-refractivity contribution in [2.75, 3.05) is 0 Å². The topological polar surface area (TPSA) is 68.1 Å². The third kappa shape index (κ3) is 2.34. The Labute approximate surface area is 141 Å². The number of fused-ring (bicyclic) bond motifs is 2. The van der Waals surface area contributed by atoms with E-state index in [9.17, 15) is 8.42 Å². The molecular formula is C13H15BrN4O2S2. The summed E-state index contributed by atoms with van der Waals surface area (Å²) in [5.41, 5.74) is 0. The van der Waals surface area contributed by atoms with E-state index in [1.54, 1.807) is 33.6 Å². The monoisotopic (exact) mass is 402 g/mol. The van der Waals surface area contributed by atoms with Crippen molar-refractivity contribution in [1.82, 2.24) is 19.3 Å². The largest absolute Gasteiger partial charge is 0.253 e. The molecule has 4 rings (SSSR count). The summed E-state index contributed by atoms with van der Waals surface area (Å²) < 4.78 is 28.9. The molecule has 22 heavy (non-hydrogen) atoms. The van der Waals surface area contributed by atoms with Gasteiger partial charge in [0.15, 0.2) is 0 Å². The van der Waals surface area contributed by atoms with Gasteiger partial charge in [0.25, 0.3) is 10.0 Å². The Hall–Kier alpha value is -0.770. The number of nitrogens with zero attached hydrogens (tertiary/aromatic N) is 4. The normalized spacial score (nSPS) is 29.0. The molecule has 4 heterocycles. The van der Waals surface area contributed by atoms with Gasteiger partial charge in [-0.1, -0.05) is 0 Å². The van der Waals surface area contributed by atoms with E-state index in [0.717, 1.165) is 29.5 Å². The maximum Gasteiger partial charge on any atom is 0.253 e. The van der Waals surface area contributed by atoms with Crippen LogP contribution in [0.2, 0.25) is 0 Å². The van der Waals surface area contributed by atoms with Gasteiger partial charge in [-0.2, -0.15) is 19.3 Å². The molecule has 0 saturated carbocycles. The Bertz CT molecular complexity index is 760. The molecule has 2 aromatic rings. The highest BCUT2D eigenvalue weighted by atomic mass is 79.9. The number of rotatable bonds is 3. The summed E-state index contributed by atoms with van der Waals surface area (Å²) in [4.78, 5) is 1.73. The van der Waals surface area contributed by atoms with Crippen LogP contribution in [0.4, 0.5) is 0 Å². The molecule has 2 bridgehead atoms. The molecule has 2 unspecified atom stereocenters. The van der Waals surface area contributed by atoms with Crippen LogP contribution in [0, 0.1) is 0 Å². The Morgan fingerprint density at radius 1 is 1.09 bits per heavy atom. The quantitative estimate of drug-likeness (QED) is 0.790. The average Bonchev–Trinajstić information content (AvgIpc) is 3.19. The molecule has 0 spiro atoms. The van der Waals surface area contributed by atoms with Crippen LogP contribution in [0.5, 0.6) is 0 Å². The van der Waals surface area contributed by atoms with Gasteiger partial charge in [0.05, 0.1) is 22.2 Å². The lowest BCUT2D eigenvalue weighted by Gasteiger charge is -2.37. The first-order chi connectivity index (χ1) is 10.6. The fourth-order valence-electron chi connectivity index (χ4n) is 3.64. The highest BCUT2D eigenvalue weighted by Crippen LogP contribution is 2.44. The van der Waals surface area contributed by atoms with E-state index < -0.39 is 10.0 Å². The summed E-state index contributed by atoms with van der Waals surface area (Å²) >= 11 is 4.62. The Kier molecular flexibility index (Phi) is 3.63. The van der Waals surface area contributed by atoms with E-state index >= 15 is 0 Å². The van der Waals surface area contributed by atoms with E-state index in [0.29, 0.717) is 4.21 Å². The second-order valence-corrected chi connectivity index (χ2v) is 10.3. The van der Waals surface area contributed by atoms with Gasteiger partial charge in [-0.15, -0.1) is 11.3 Å². The van der Waals surface area contributed by atoms with Crippen molar-refractivity contribution >= 4 is 37.3 Å². The van der Waals surface area contributed by atoms with Gasteiger partial charge in [-0.25, -0.2) is 8.42 Å². The van der Waals surface area contributed by atoms with E-state index in [1.165, 1.54) is 11.3 Å². The molecule has 2 atom stereocenters. The molecule has 0 radical (unpaired) electrons. The zero-order valence-electron chi connectivity index (χ0n) is 11.7. The zero-order chi connectivity index (χ0) is 15.3. The van der Waals surface area contributed by atoms with Crippen molar-refractivity contribution in [1.29, 1.82) is 0 Å². The summed E-state index contributed by atoms with van der Waals surface area (Å²) in [6.07, 6.45) is 6.78. The first-order valence-corrected chi connectivity index (χ1v) is 10.3. The summed E-state index contributed by atoms with van der Waals surface area (Å²) in [5, 5.41) is 8.44. The lowest BCUT2D eigenvalue weighted by atomic mass is 10.0. The highest BCUT2D eigenvalue weighted by molar-refractivity contribution is 9.11. The molecule has 0 amide bonds. The fourth-order valence-corrected chi connectivity index (χ4v) is 7.65. The number of sulfonamides is 1. The second-order valence-electron chi connectivity index (χ2n) is 5.75. The summed E-state index contributed by atoms with van der Waals surface area (Å²) in [6.45, 7) is 0. The van der Waals surface area contributed by atoms with E-state index in [2.05, 4.69) is 26.1 Å². The summed E-state index contributed by atoms with van der Waals surface area (Å²) in [5.74, 6) is 0. The van der Waals surface area contributed by atoms with Crippen LogP contribution in [0.15, 0.2) is 32.5 Å². The smallest absolute Gasteiger partial charge is 0.206 e. The molecular weight excluding hydrogens is 388 g/mol. The minimum absolute atomic E-state index is 0.0561. The van der Waals surface area contributed by atoms with Crippen molar-refractivity contribution in [2.24, 2.45) is 0 Å². The number of hydrogen-bond acceptors (Lipinski definition) is 5. The lowest BCUT2D eigenvalue weighted by Crippen LogP contribution is -2.46. The van der Waals surface area contributed by atoms with Gasteiger partial charge in [0.1, 0.15) is 4.21 Å². The average molecular weight is 403 g/mol. The maximum absolute atomic E-state index is 12.9. The number of thiophene rings is 1. The Balaban J connectivity index is 1.63. The predicted octanol–water partition coefficient (Wildman–Crippen LogP) is 2.66. The molecule has 9 heteroatoms. The van der Waals surface area contributed by atoms with Crippen molar-refractivity contribution in [3.8, 4) is 0 Å². The van der Waals surface area contributed by atoms with Crippen molar-refractivity contribution in [3.05, 3.63) is 28.3 Å². The Morgan fingerprint density at radius 3 is 2.27 bits per heavy atom. The highest BCUT2D eigenvalue weighted by Gasteiger charge is 2.48. The maximum atomic E-state index is 12.9. The molecule has 0 aromatic carbocycles. The Morgan fingerprint density at radius 2 is 1.73 bits per heavy atom. The SMILES string of the molecule is O=S(=O)(c1ccc(Br)s1)N1C2CCC1CC(n1nccn1)C2. The summed E-state index contributed by atoms with van der Waals surface area (Å²) in [6, 6.07) is 3.79. The molecule has 2 saturated heterocycles. The van der Waals surface area contributed by atoms with Crippen LogP contribution < -0.4 is 0 Å². The van der Waals surface area contributed by atoms with Gasteiger partial charge < -0.3 is 0 Å². The van der Waals surface area contributed by atoms with Crippen LogP contribution in [0.3, 0.4) is 0 Å². The molecule has 2 aliphatic rings.